The number of thiophene rings is 1. The van der Waals surface area contributed by atoms with E-state index in [0.717, 1.165) is 39.1 Å². The number of hydrogen-bond donors (Lipinski definition) is 0. The summed E-state index contributed by atoms with van der Waals surface area (Å²) in [6, 6.07) is 67.1. The first-order valence-corrected chi connectivity index (χ1v) is 20.4. The van der Waals surface area contributed by atoms with Gasteiger partial charge in [-0.2, -0.15) is 0 Å². The molecule has 0 amide bonds. The van der Waals surface area contributed by atoms with Crippen LogP contribution in [-0.2, 0) is 6.42 Å². The van der Waals surface area contributed by atoms with Crippen molar-refractivity contribution >= 4 is 75.1 Å². The minimum atomic E-state index is 0.508. The van der Waals surface area contributed by atoms with Crippen LogP contribution in [0.4, 0.5) is 0 Å². The number of para-hydroxylation sites is 3. The van der Waals surface area contributed by atoms with Gasteiger partial charge in [-0.1, -0.05) is 140 Å². The topological polar surface area (TPSA) is 48.5 Å². The largest absolute Gasteiger partial charge is 0.309 e. The Morgan fingerprint density at radius 3 is 1.55 bits per heavy atom. The van der Waals surface area contributed by atoms with Gasteiger partial charge in [0.2, 0.25) is 0 Å². The summed E-state index contributed by atoms with van der Waals surface area (Å²) >= 11 is 1.86. The van der Waals surface area contributed by atoms with Gasteiger partial charge >= 0.3 is 0 Å². The Labute approximate surface area is 337 Å². The third-order valence-corrected chi connectivity index (χ3v) is 12.5. The summed E-state index contributed by atoms with van der Waals surface area (Å²) in [5, 5.41) is 7.54. The number of nitrogens with zero attached hydrogens (tertiary/aromatic N) is 5. The van der Waals surface area contributed by atoms with Crippen LogP contribution in [0, 0.1) is 0 Å². The number of rotatable bonds is 6. The molecule has 0 atom stereocenters. The molecule has 0 spiro atoms. The Hall–Kier alpha value is -7.41. The van der Waals surface area contributed by atoms with Gasteiger partial charge in [0.15, 0.2) is 11.6 Å². The molecule has 0 unspecified atom stereocenters. The summed E-state index contributed by atoms with van der Waals surface area (Å²) in [7, 11) is 0. The number of aromatic nitrogens is 5. The molecule has 0 saturated heterocycles. The lowest BCUT2D eigenvalue weighted by Crippen LogP contribution is -2.07. The molecule has 272 valence electrons. The summed E-state index contributed by atoms with van der Waals surface area (Å²) in [5.74, 6) is 2.04. The second kappa shape index (κ2) is 13.1. The van der Waals surface area contributed by atoms with Gasteiger partial charge < -0.3 is 9.13 Å². The van der Waals surface area contributed by atoms with Gasteiger partial charge in [-0.05, 0) is 54.1 Å². The Bertz CT molecular complexity index is 3430. The van der Waals surface area contributed by atoms with Gasteiger partial charge in [0.05, 0.1) is 27.8 Å². The average Bonchev–Trinajstić information content (AvgIpc) is 3.93. The second-order valence-corrected chi connectivity index (χ2v) is 15.9. The van der Waals surface area contributed by atoms with Crippen LogP contribution < -0.4 is 0 Å². The van der Waals surface area contributed by atoms with Crippen molar-refractivity contribution in [2.75, 3.05) is 0 Å². The molecule has 12 rings (SSSR count). The van der Waals surface area contributed by atoms with Crippen molar-refractivity contribution < 1.29 is 0 Å². The van der Waals surface area contributed by atoms with Crippen molar-refractivity contribution in [2.45, 2.75) is 6.42 Å². The van der Waals surface area contributed by atoms with E-state index < -0.39 is 0 Å². The molecule has 0 aliphatic rings. The van der Waals surface area contributed by atoms with Gasteiger partial charge in [0.1, 0.15) is 5.82 Å². The maximum absolute atomic E-state index is 5.14. The van der Waals surface area contributed by atoms with Crippen molar-refractivity contribution in [3.05, 3.63) is 199 Å². The summed E-state index contributed by atoms with van der Waals surface area (Å²) in [4.78, 5) is 15.3. The second-order valence-electron chi connectivity index (χ2n) is 14.8. The van der Waals surface area contributed by atoms with Gasteiger partial charge in [0, 0.05) is 65.0 Å². The van der Waals surface area contributed by atoms with E-state index in [1.165, 1.54) is 52.8 Å². The molecule has 8 aromatic carbocycles. The number of fused-ring (bicyclic) bond motifs is 9. The Balaban J connectivity index is 1.12. The first-order chi connectivity index (χ1) is 28.7. The van der Waals surface area contributed by atoms with Crippen LogP contribution in [0.1, 0.15) is 11.4 Å². The first-order valence-electron chi connectivity index (χ1n) is 19.6. The first kappa shape index (κ1) is 32.8. The zero-order valence-electron chi connectivity index (χ0n) is 31.2. The van der Waals surface area contributed by atoms with Gasteiger partial charge in [-0.25, -0.2) is 15.0 Å². The maximum Gasteiger partial charge on any atom is 0.163 e. The molecule has 0 radical (unpaired) electrons. The molecule has 58 heavy (non-hydrogen) atoms. The lowest BCUT2D eigenvalue weighted by molar-refractivity contribution is 0.924. The molecule has 0 aliphatic carbocycles. The molecule has 5 nitrogen and oxygen atoms in total. The number of hydrogen-bond acceptors (Lipinski definition) is 4. The Kier molecular flexibility index (Phi) is 7.40. The van der Waals surface area contributed by atoms with Crippen LogP contribution in [0.25, 0.3) is 97.9 Å². The zero-order valence-corrected chi connectivity index (χ0v) is 32.1. The Morgan fingerprint density at radius 2 is 0.914 bits per heavy atom. The molecule has 0 bridgehead atoms. The molecule has 0 fully saturated rings. The fourth-order valence-corrected chi connectivity index (χ4v) is 9.92. The van der Waals surface area contributed by atoms with Gasteiger partial charge in [-0.3, -0.25) is 0 Å². The molecule has 0 aliphatic heterocycles. The SMILES string of the molecule is c1ccc(-c2nc(Cc3ccc(-n4c5ccccc5c5cc6c(cc54)sc4ccccc46)cc3-n3c4ccccc4c4ccccc43)nc(-c3ccccc3)n2)cc1. The minimum Gasteiger partial charge on any atom is -0.309 e. The van der Waals surface area contributed by atoms with E-state index in [1.54, 1.807) is 0 Å². The molecule has 4 heterocycles. The highest BCUT2D eigenvalue weighted by atomic mass is 32.1. The highest BCUT2D eigenvalue weighted by molar-refractivity contribution is 7.25. The van der Waals surface area contributed by atoms with Crippen molar-refractivity contribution in [3.8, 4) is 34.2 Å². The van der Waals surface area contributed by atoms with E-state index in [4.69, 9.17) is 15.0 Å². The van der Waals surface area contributed by atoms with E-state index in [9.17, 15) is 0 Å². The quantitative estimate of drug-likeness (QED) is 0.170. The van der Waals surface area contributed by atoms with E-state index in [0.29, 0.717) is 23.9 Å². The van der Waals surface area contributed by atoms with Crippen molar-refractivity contribution in [1.29, 1.82) is 0 Å². The molecule has 0 N–H and O–H groups in total. The fraction of sp³-hybridized carbons (Fsp3) is 0.0192. The monoisotopic (exact) mass is 759 g/mol. The smallest absolute Gasteiger partial charge is 0.163 e. The van der Waals surface area contributed by atoms with E-state index in [-0.39, 0.29) is 0 Å². The predicted octanol–water partition coefficient (Wildman–Crippen LogP) is 13.4. The maximum atomic E-state index is 5.14. The van der Waals surface area contributed by atoms with Gasteiger partial charge in [0.25, 0.3) is 0 Å². The van der Waals surface area contributed by atoms with Crippen molar-refractivity contribution in [3.63, 3.8) is 0 Å². The van der Waals surface area contributed by atoms with Crippen LogP contribution in [0.15, 0.2) is 188 Å². The number of benzene rings is 8. The standard InChI is InChI=1S/C52H33N5S/c1-3-15-33(16-4-1)51-53-50(54-52(55-51)34-17-5-2-6-18-34)29-35-27-28-36(30-46(35)57-44-24-12-7-19-37(44)38-20-8-13-25-45(38)57)56-43-23-11-9-21-39(43)41-31-42-40-22-10-14-26-48(40)58-49(42)32-47(41)56/h1-28,30-32H,29H2. The average molecular weight is 760 g/mol. The summed E-state index contributed by atoms with van der Waals surface area (Å²) in [6.45, 7) is 0. The van der Waals surface area contributed by atoms with Crippen LogP contribution in [0.3, 0.4) is 0 Å². The highest BCUT2D eigenvalue weighted by Gasteiger charge is 2.21. The van der Waals surface area contributed by atoms with Crippen LogP contribution in [-0.4, -0.2) is 24.1 Å². The van der Waals surface area contributed by atoms with E-state index in [2.05, 4.69) is 161 Å². The normalized spacial score (nSPS) is 11.9. The van der Waals surface area contributed by atoms with Crippen LogP contribution in [0.5, 0.6) is 0 Å². The summed E-state index contributed by atoms with van der Waals surface area (Å²) < 4.78 is 7.47. The molecule has 4 aromatic heterocycles. The predicted molar refractivity (Wildman–Crippen MR) is 242 cm³/mol. The van der Waals surface area contributed by atoms with Crippen LogP contribution >= 0.6 is 11.3 Å². The fourth-order valence-electron chi connectivity index (χ4n) is 8.80. The third-order valence-electron chi connectivity index (χ3n) is 11.4. The summed E-state index contributed by atoms with van der Waals surface area (Å²) in [6.07, 6.45) is 0.508. The molecular formula is C52H33N5S. The minimum absolute atomic E-state index is 0.508. The van der Waals surface area contributed by atoms with Gasteiger partial charge in [-0.15, -0.1) is 11.3 Å². The molecule has 0 saturated carbocycles. The lowest BCUT2D eigenvalue weighted by atomic mass is 10.1. The lowest BCUT2D eigenvalue weighted by Gasteiger charge is -2.17. The molecule has 12 aromatic rings. The zero-order chi connectivity index (χ0) is 38.2. The van der Waals surface area contributed by atoms with E-state index >= 15 is 0 Å². The van der Waals surface area contributed by atoms with Crippen LogP contribution in [0.2, 0.25) is 0 Å². The third kappa shape index (κ3) is 5.19. The molecule has 6 heteroatoms. The van der Waals surface area contributed by atoms with Crippen molar-refractivity contribution in [1.82, 2.24) is 24.1 Å². The Morgan fingerprint density at radius 1 is 0.379 bits per heavy atom. The highest BCUT2D eigenvalue weighted by Crippen LogP contribution is 2.42. The summed E-state index contributed by atoms with van der Waals surface area (Å²) in [5.41, 5.74) is 9.90. The molecular weight excluding hydrogens is 727 g/mol. The van der Waals surface area contributed by atoms with E-state index in [1.807, 2.05) is 47.7 Å². The van der Waals surface area contributed by atoms with Crippen molar-refractivity contribution in [2.24, 2.45) is 0 Å².